The molecule has 1 saturated heterocycles. The van der Waals surface area contributed by atoms with Gasteiger partial charge in [0.05, 0.1) is 24.2 Å². The molecule has 8 nitrogen and oxygen atoms in total. The van der Waals surface area contributed by atoms with E-state index in [1.165, 1.54) is 11.8 Å². The molecular weight excluding hydrogens is 436 g/mol. The summed E-state index contributed by atoms with van der Waals surface area (Å²) < 4.78 is 7.57. The normalized spacial score (nSPS) is 14.7. The molecule has 0 unspecified atom stereocenters. The molecule has 1 aliphatic rings. The number of para-hydroxylation sites is 1. The number of rotatable bonds is 7. The number of anilines is 3. The van der Waals surface area contributed by atoms with E-state index in [1.807, 2.05) is 62.3 Å². The van der Waals surface area contributed by atoms with Gasteiger partial charge in [-0.15, -0.1) is 10.2 Å². The van der Waals surface area contributed by atoms with E-state index in [2.05, 4.69) is 44.0 Å². The van der Waals surface area contributed by atoms with Crippen LogP contribution in [0.1, 0.15) is 12.5 Å². The van der Waals surface area contributed by atoms with Crippen molar-refractivity contribution in [2.45, 2.75) is 24.3 Å². The Labute approximate surface area is 198 Å². The van der Waals surface area contributed by atoms with E-state index in [9.17, 15) is 4.79 Å². The minimum absolute atomic E-state index is 0.0788. The lowest BCUT2D eigenvalue weighted by molar-refractivity contribution is -0.115. The van der Waals surface area contributed by atoms with E-state index in [1.54, 1.807) is 0 Å². The maximum Gasteiger partial charge on any atom is 0.237 e. The Kier molecular flexibility index (Phi) is 7.20. The average molecular weight is 467 g/mol. The van der Waals surface area contributed by atoms with Crippen molar-refractivity contribution in [3.63, 3.8) is 0 Å². The van der Waals surface area contributed by atoms with Crippen LogP contribution in [0.15, 0.2) is 53.7 Å². The van der Waals surface area contributed by atoms with Crippen LogP contribution in [0.4, 0.5) is 17.3 Å². The minimum Gasteiger partial charge on any atom is -0.378 e. The number of thioether (sulfide) groups is 1. The Bertz CT molecular complexity index is 1090. The molecule has 4 rings (SSSR count). The lowest BCUT2D eigenvalue weighted by Gasteiger charge is -2.28. The van der Waals surface area contributed by atoms with E-state index in [0.717, 1.165) is 41.7 Å². The first-order valence-electron chi connectivity index (χ1n) is 11.0. The topological polar surface area (TPSA) is 75.5 Å². The molecule has 0 saturated carbocycles. The standard InChI is InChI=1S/C24H30N6O2S/c1-17-7-5-6-8-21(17)30-23(29-13-15-32-16-14-29)26-27-24(30)33-18(2)22(31)25-19-9-11-20(12-10-19)28(3)4/h5-12,18H,13-16H2,1-4H3,(H,25,31)/t18-/m0/s1. The third kappa shape index (κ3) is 5.31. The largest absolute Gasteiger partial charge is 0.378 e. The Morgan fingerprint density at radius 3 is 2.45 bits per heavy atom. The van der Waals surface area contributed by atoms with Crippen molar-refractivity contribution in [2.75, 3.05) is 55.5 Å². The van der Waals surface area contributed by atoms with Crippen LogP contribution in [-0.2, 0) is 9.53 Å². The van der Waals surface area contributed by atoms with E-state index in [4.69, 9.17) is 4.74 Å². The molecule has 1 aromatic heterocycles. The summed E-state index contributed by atoms with van der Waals surface area (Å²) in [6.45, 7) is 6.80. The van der Waals surface area contributed by atoms with Gasteiger partial charge in [0.2, 0.25) is 11.9 Å². The number of amides is 1. The van der Waals surface area contributed by atoms with E-state index in [0.29, 0.717) is 18.4 Å². The summed E-state index contributed by atoms with van der Waals surface area (Å²) in [4.78, 5) is 17.1. The highest BCUT2D eigenvalue weighted by atomic mass is 32.2. The number of hydrogen-bond donors (Lipinski definition) is 1. The second-order valence-corrected chi connectivity index (χ2v) is 9.50. The molecule has 2 heterocycles. The van der Waals surface area contributed by atoms with Gasteiger partial charge < -0.3 is 19.9 Å². The third-order valence-electron chi connectivity index (χ3n) is 5.57. The lowest BCUT2D eigenvalue weighted by Crippen LogP contribution is -2.38. The van der Waals surface area contributed by atoms with Crippen molar-refractivity contribution < 1.29 is 9.53 Å². The fourth-order valence-corrected chi connectivity index (χ4v) is 4.49. The van der Waals surface area contributed by atoms with Crippen LogP contribution in [-0.4, -0.2) is 66.3 Å². The Morgan fingerprint density at radius 1 is 1.09 bits per heavy atom. The second kappa shape index (κ2) is 10.3. The minimum atomic E-state index is -0.358. The predicted octanol–water partition coefficient (Wildman–Crippen LogP) is 3.60. The van der Waals surface area contributed by atoms with Gasteiger partial charge >= 0.3 is 0 Å². The maximum atomic E-state index is 12.9. The number of ether oxygens (including phenoxy) is 1. The van der Waals surface area contributed by atoms with Crippen molar-refractivity contribution in [1.82, 2.24) is 14.8 Å². The summed E-state index contributed by atoms with van der Waals surface area (Å²) in [5.74, 6) is 0.701. The number of aryl methyl sites for hydroxylation is 1. The molecule has 1 aliphatic heterocycles. The van der Waals surface area contributed by atoms with Gasteiger partial charge in [-0.1, -0.05) is 30.0 Å². The molecule has 0 bridgehead atoms. The molecule has 1 amide bonds. The summed E-state index contributed by atoms with van der Waals surface area (Å²) in [7, 11) is 3.98. The molecule has 1 atom stereocenters. The maximum absolute atomic E-state index is 12.9. The zero-order valence-electron chi connectivity index (χ0n) is 19.5. The number of benzene rings is 2. The monoisotopic (exact) mass is 466 g/mol. The van der Waals surface area contributed by atoms with Crippen LogP contribution in [0.25, 0.3) is 5.69 Å². The van der Waals surface area contributed by atoms with E-state index >= 15 is 0 Å². The van der Waals surface area contributed by atoms with Crippen molar-refractivity contribution in [3.8, 4) is 5.69 Å². The number of carbonyl (C=O) groups excluding carboxylic acids is 1. The number of aromatic nitrogens is 3. The van der Waals surface area contributed by atoms with Gasteiger partial charge in [-0.2, -0.15) is 0 Å². The number of nitrogens with zero attached hydrogens (tertiary/aromatic N) is 5. The summed E-state index contributed by atoms with van der Waals surface area (Å²) in [5.41, 5.74) is 3.98. The van der Waals surface area contributed by atoms with Crippen LogP contribution < -0.4 is 15.1 Å². The predicted molar refractivity (Wildman–Crippen MR) is 134 cm³/mol. The number of nitrogens with one attached hydrogen (secondary N) is 1. The third-order valence-corrected chi connectivity index (χ3v) is 6.61. The molecule has 1 N–H and O–H groups in total. The molecule has 3 aromatic rings. The van der Waals surface area contributed by atoms with Crippen LogP contribution in [0.5, 0.6) is 0 Å². The van der Waals surface area contributed by atoms with Crippen LogP contribution in [0.2, 0.25) is 0 Å². The van der Waals surface area contributed by atoms with Gasteiger partial charge in [0.25, 0.3) is 0 Å². The highest BCUT2D eigenvalue weighted by Gasteiger charge is 2.25. The smallest absolute Gasteiger partial charge is 0.237 e. The van der Waals surface area contributed by atoms with E-state index < -0.39 is 0 Å². The van der Waals surface area contributed by atoms with Gasteiger partial charge in [0.15, 0.2) is 5.16 Å². The first kappa shape index (κ1) is 23.1. The Balaban J connectivity index is 1.56. The van der Waals surface area contributed by atoms with Crippen molar-refractivity contribution >= 4 is 35.0 Å². The summed E-state index contributed by atoms with van der Waals surface area (Å²) in [6.07, 6.45) is 0. The molecule has 9 heteroatoms. The van der Waals surface area contributed by atoms with Crippen molar-refractivity contribution in [2.24, 2.45) is 0 Å². The van der Waals surface area contributed by atoms with Crippen LogP contribution >= 0.6 is 11.8 Å². The second-order valence-electron chi connectivity index (χ2n) is 8.19. The summed E-state index contributed by atoms with van der Waals surface area (Å²) in [5, 5.41) is 12.3. The van der Waals surface area contributed by atoms with Crippen molar-refractivity contribution in [3.05, 3.63) is 54.1 Å². The molecule has 0 spiro atoms. The van der Waals surface area contributed by atoms with Gasteiger partial charge in [-0.25, -0.2) is 0 Å². The zero-order chi connectivity index (χ0) is 23.4. The van der Waals surface area contributed by atoms with Crippen LogP contribution in [0.3, 0.4) is 0 Å². The molecular formula is C24H30N6O2S. The fraction of sp³-hybridized carbons (Fsp3) is 0.375. The molecule has 33 heavy (non-hydrogen) atoms. The molecule has 2 aromatic carbocycles. The lowest BCUT2D eigenvalue weighted by atomic mass is 10.2. The highest BCUT2D eigenvalue weighted by Crippen LogP contribution is 2.31. The first-order valence-corrected chi connectivity index (χ1v) is 11.9. The molecule has 0 aliphatic carbocycles. The Morgan fingerprint density at radius 2 is 1.79 bits per heavy atom. The number of carbonyl (C=O) groups is 1. The molecule has 0 radical (unpaired) electrons. The van der Waals surface area contributed by atoms with Gasteiger partial charge in [-0.05, 0) is 49.7 Å². The summed E-state index contributed by atoms with van der Waals surface area (Å²) in [6, 6.07) is 15.9. The first-order chi connectivity index (χ1) is 15.9. The average Bonchev–Trinajstić information content (AvgIpc) is 3.23. The van der Waals surface area contributed by atoms with Gasteiger partial charge in [-0.3, -0.25) is 9.36 Å². The quantitative estimate of drug-likeness (QED) is 0.533. The summed E-state index contributed by atoms with van der Waals surface area (Å²) >= 11 is 1.41. The Hall–Kier alpha value is -3.04. The van der Waals surface area contributed by atoms with E-state index in [-0.39, 0.29) is 11.2 Å². The zero-order valence-corrected chi connectivity index (χ0v) is 20.3. The van der Waals surface area contributed by atoms with Crippen molar-refractivity contribution in [1.29, 1.82) is 0 Å². The highest BCUT2D eigenvalue weighted by molar-refractivity contribution is 8.00. The van der Waals surface area contributed by atoms with Gasteiger partial charge in [0, 0.05) is 38.6 Å². The SMILES string of the molecule is Cc1ccccc1-n1c(S[C@@H](C)C(=O)Nc2ccc(N(C)C)cc2)nnc1N1CCOCC1. The molecule has 1 fully saturated rings. The van der Waals surface area contributed by atoms with Crippen LogP contribution in [0, 0.1) is 6.92 Å². The fourth-order valence-electron chi connectivity index (χ4n) is 3.63. The number of morpholine rings is 1. The molecule has 174 valence electrons. The number of hydrogen-bond acceptors (Lipinski definition) is 7. The van der Waals surface area contributed by atoms with Gasteiger partial charge in [0.1, 0.15) is 0 Å².